The molecule has 1 aromatic heterocycles. The van der Waals surface area contributed by atoms with E-state index >= 15 is 0 Å². The quantitative estimate of drug-likeness (QED) is 0.223. The second kappa shape index (κ2) is 10.1. The molecule has 5 aromatic rings. The fourth-order valence-electron chi connectivity index (χ4n) is 5.31. The summed E-state index contributed by atoms with van der Waals surface area (Å²) >= 11 is 0. The average molecular weight is 571 g/mol. The van der Waals surface area contributed by atoms with Crippen molar-refractivity contribution in [2.75, 3.05) is 0 Å². The van der Waals surface area contributed by atoms with E-state index in [1.807, 2.05) is 36.4 Å². The summed E-state index contributed by atoms with van der Waals surface area (Å²) in [6, 6.07) is 24.0. The van der Waals surface area contributed by atoms with Gasteiger partial charge in [0.25, 0.3) is 5.91 Å². The summed E-state index contributed by atoms with van der Waals surface area (Å²) in [5.41, 5.74) is 3.00. The van der Waals surface area contributed by atoms with Crippen LogP contribution in [0.3, 0.4) is 0 Å². The molecule has 7 nitrogen and oxygen atoms in total. The number of carbonyl (C=O) groups is 2. The summed E-state index contributed by atoms with van der Waals surface area (Å²) in [7, 11) is 0. The van der Waals surface area contributed by atoms with Crippen molar-refractivity contribution in [3.8, 4) is 11.1 Å². The molecule has 42 heavy (non-hydrogen) atoms. The van der Waals surface area contributed by atoms with Gasteiger partial charge in [0.2, 0.25) is 0 Å². The normalized spacial score (nSPS) is 14.9. The molecule has 1 fully saturated rings. The number of aromatic carboxylic acids is 1. The maximum Gasteiger partial charge on any atom is 0.416 e. The fraction of sp³-hybridized carbons (Fsp3) is 0.188. The van der Waals surface area contributed by atoms with Crippen molar-refractivity contribution in [2.24, 2.45) is 0 Å². The first-order valence-electron chi connectivity index (χ1n) is 13.3. The number of hydrogen-bond acceptors (Lipinski definition) is 4. The molecule has 1 atom stereocenters. The van der Waals surface area contributed by atoms with Gasteiger partial charge in [0, 0.05) is 0 Å². The maximum absolute atomic E-state index is 13.9. The van der Waals surface area contributed by atoms with Crippen LogP contribution < -0.4 is 5.32 Å². The summed E-state index contributed by atoms with van der Waals surface area (Å²) in [6.07, 6.45) is -3.19. The van der Waals surface area contributed by atoms with Crippen molar-refractivity contribution in [1.82, 2.24) is 20.3 Å². The fourth-order valence-corrected chi connectivity index (χ4v) is 5.31. The van der Waals surface area contributed by atoms with Gasteiger partial charge in [-0.2, -0.15) is 13.2 Å². The summed E-state index contributed by atoms with van der Waals surface area (Å²) in [6.45, 7) is 1.80. The maximum atomic E-state index is 13.9. The minimum absolute atomic E-state index is 0.141. The van der Waals surface area contributed by atoms with Gasteiger partial charge in [-0.3, -0.25) is 4.79 Å². The Kier molecular flexibility index (Phi) is 6.56. The zero-order valence-corrected chi connectivity index (χ0v) is 22.4. The molecule has 0 saturated heterocycles. The Balaban J connectivity index is 1.42. The number of alkyl halides is 3. The molecule has 212 valence electrons. The number of carboxylic acid groups (broad SMARTS) is 1. The molecule has 1 saturated carbocycles. The van der Waals surface area contributed by atoms with Crippen LogP contribution in [0.25, 0.3) is 22.2 Å². The monoisotopic (exact) mass is 570 g/mol. The number of fused-ring (bicyclic) bond motifs is 1. The van der Waals surface area contributed by atoms with Crippen LogP contribution in [0.2, 0.25) is 0 Å². The van der Waals surface area contributed by atoms with E-state index in [1.165, 1.54) is 24.3 Å². The number of amides is 1. The lowest BCUT2D eigenvalue weighted by Gasteiger charge is -2.20. The molecule has 6 rings (SSSR count). The van der Waals surface area contributed by atoms with Crippen LogP contribution in [-0.2, 0) is 11.7 Å². The molecule has 1 heterocycles. The topological polar surface area (TPSA) is 97.1 Å². The highest BCUT2D eigenvalue weighted by Gasteiger charge is 2.49. The summed E-state index contributed by atoms with van der Waals surface area (Å²) in [4.78, 5) is 25.1. The lowest BCUT2D eigenvalue weighted by molar-refractivity contribution is -0.137. The molecule has 1 aliphatic carbocycles. The Morgan fingerprint density at radius 3 is 2.19 bits per heavy atom. The highest BCUT2D eigenvalue weighted by molar-refractivity contribution is 6.07. The number of carboxylic acids is 1. The number of aromatic nitrogens is 3. The van der Waals surface area contributed by atoms with Crippen LogP contribution in [0.4, 0.5) is 13.2 Å². The Bertz CT molecular complexity index is 1790. The standard InChI is InChI=1S/C32H25F3N4O3/c1-19(20-7-9-22(10-8-20)30(41)42)36-29(40)26-17-23(21-5-3-2-4-6-21)18-27-28(26)39(38-37-27)31(15-16-31)24-11-13-25(14-12-24)32(33,34)35/h2-14,17-19H,15-16H2,1H3,(H,36,40)(H,41,42)/t19-/m0/s1. The Morgan fingerprint density at radius 2 is 1.60 bits per heavy atom. The predicted molar refractivity (Wildman–Crippen MR) is 150 cm³/mol. The number of halogens is 3. The Labute approximate surface area is 238 Å². The molecule has 0 unspecified atom stereocenters. The van der Waals surface area contributed by atoms with E-state index in [4.69, 9.17) is 0 Å². The second-order valence-corrected chi connectivity index (χ2v) is 10.5. The van der Waals surface area contributed by atoms with Crippen LogP contribution in [0.1, 0.15) is 63.2 Å². The number of nitrogens with one attached hydrogen (secondary N) is 1. The molecular weight excluding hydrogens is 545 g/mol. The molecule has 0 radical (unpaired) electrons. The average Bonchev–Trinajstić information content (AvgIpc) is 3.68. The molecule has 2 N–H and O–H groups in total. The van der Waals surface area contributed by atoms with Crippen molar-refractivity contribution in [3.63, 3.8) is 0 Å². The van der Waals surface area contributed by atoms with E-state index in [2.05, 4.69) is 15.6 Å². The number of rotatable bonds is 7. The zero-order chi connectivity index (χ0) is 29.6. The minimum Gasteiger partial charge on any atom is -0.478 e. The van der Waals surface area contributed by atoms with Crippen LogP contribution in [0, 0.1) is 0 Å². The van der Waals surface area contributed by atoms with Gasteiger partial charge in [-0.25, -0.2) is 9.48 Å². The molecule has 0 bridgehead atoms. The highest BCUT2D eigenvalue weighted by Crippen LogP contribution is 2.51. The van der Waals surface area contributed by atoms with Gasteiger partial charge in [0.05, 0.1) is 28.3 Å². The van der Waals surface area contributed by atoms with Gasteiger partial charge < -0.3 is 10.4 Å². The van der Waals surface area contributed by atoms with Crippen molar-refractivity contribution in [2.45, 2.75) is 37.5 Å². The van der Waals surface area contributed by atoms with Crippen LogP contribution in [0.5, 0.6) is 0 Å². The van der Waals surface area contributed by atoms with Crippen LogP contribution in [0.15, 0.2) is 91.0 Å². The Hall–Kier alpha value is -4.99. The largest absolute Gasteiger partial charge is 0.478 e. The SMILES string of the molecule is C[C@H](NC(=O)c1cc(-c2ccccc2)cc2nnn(C3(c4ccc(C(F)(F)F)cc4)CC3)c12)c1ccc(C(=O)O)cc1. The molecule has 4 aromatic carbocycles. The molecular formula is C32H25F3N4O3. The summed E-state index contributed by atoms with van der Waals surface area (Å²) < 4.78 is 41.3. The van der Waals surface area contributed by atoms with E-state index < -0.39 is 29.3 Å². The van der Waals surface area contributed by atoms with E-state index in [0.717, 1.165) is 28.8 Å². The van der Waals surface area contributed by atoms with Crippen molar-refractivity contribution in [3.05, 3.63) is 119 Å². The van der Waals surface area contributed by atoms with Gasteiger partial charge in [-0.05, 0) is 78.4 Å². The number of hydrogen-bond donors (Lipinski definition) is 2. The second-order valence-electron chi connectivity index (χ2n) is 10.5. The van der Waals surface area contributed by atoms with Gasteiger partial charge in [0.15, 0.2) is 0 Å². The zero-order valence-electron chi connectivity index (χ0n) is 22.4. The van der Waals surface area contributed by atoms with E-state index in [1.54, 1.807) is 29.8 Å². The lowest BCUT2D eigenvalue weighted by Crippen LogP contribution is -2.28. The van der Waals surface area contributed by atoms with E-state index in [-0.39, 0.29) is 11.5 Å². The van der Waals surface area contributed by atoms with E-state index in [9.17, 15) is 27.9 Å². The summed E-state index contributed by atoms with van der Waals surface area (Å²) in [5.74, 6) is -1.43. The van der Waals surface area contributed by atoms with Crippen molar-refractivity contribution in [1.29, 1.82) is 0 Å². The number of carbonyl (C=O) groups excluding carboxylic acids is 1. The van der Waals surface area contributed by atoms with Crippen LogP contribution >= 0.6 is 0 Å². The van der Waals surface area contributed by atoms with Gasteiger partial charge in [0.1, 0.15) is 11.0 Å². The molecule has 10 heteroatoms. The first kappa shape index (κ1) is 27.2. The molecule has 0 aliphatic heterocycles. The first-order chi connectivity index (χ1) is 20.1. The van der Waals surface area contributed by atoms with Gasteiger partial charge >= 0.3 is 12.1 Å². The number of benzene rings is 4. The third-order valence-electron chi connectivity index (χ3n) is 7.78. The number of nitrogens with zero attached hydrogens (tertiary/aromatic N) is 3. The lowest BCUT2D eigenvalue weighted by atomic mass is 9.99. The third-order valence-corrected chi connectivity index (χ3v) is 7.78. The minimum atomic E-state index is -4.45. The predicted octanol–water partition coefficient (Wildman–Crippen LogP) is 6.84. The highest BCUT2D eigenvalue weighted by atomic mass is 19.4. The molecule has 1 amide bonds. The van der Waals surface area contributed by atoms with Crippen molar-refractivity contribution >= 4 is 22.9 Å². The third kappa shape index (κ3) is 4.89. The molecule has 0 spiro atoms. The van der Waals surface area contributed by atoms with Crippen molar-refractivity contribution < 1.29 is 27.9 Å². The first-order valence-corrected chi connectivity index (χ1v) is 13.3. The smallest absolute Gasteiger partial charge is 0.416 e. The van der Waals surface area contributed by atoms with E-state index in [0.29, 0.717) is 35.0 Å². The van der Waals surface area contributed by atoms with Crippen LogP contribution in [-0.4, -0.2) is 32.0 Å². The Morgan fingerprint density at radius 1 is 0.929 bits per heavy atom. The summed E-state index contributed by atoms with van der Waals surface area (Å²) in [5, 5.41) is 21.0. The molecule has 1 aliphatic rings. The van der Waals surface area contributed by atoms with Gasteiger partial charge in [-0.1, -0.05) is 59.8 Å². The van der Waals surface area contributed by atoms with Gasteiger partial charge in [-0.15, -0.1) is 5.10 Å².